The number of rotatable bonds is 8. The molecule has 1 rings (SSSR count). The lowest BCUT2D eigenvalue weighted by atomic mass is 9.80. The standard InChI is InChI=1S/C14H21NO5/c1-20-14(17)9-8-13(15(18)19)12-7-3-2-5-11(12)6-4-10-16/h7,10-11,13H,2-6,8-9H2,1H3. The van der Waals surface area contributed by atoms with Gasteiger partial charge in [0.15, 0.2) is 0 Å². The normalized spacial score (nSPS) is 19.9. The van der Waals surface area contributed by atoms with Crippen molar-refractivity contribution in [2.45, 2.75) is 51.0 Å². The monoisotopic (exact) mass is 283 g/mol. The highest BCUT2D eigenvalue weighted by molar-refractivity contribution is 5.69. The number of hydrogen-bond acceptors (Lipinski definition) is 5. The van der Waals surface area contributed by atoms with Crippen LogP contribution in [0.15, 0.2) is 11.6 Å². The highest BCUT2D eigenvalue weighted by Gasteiger charge is 2.32. The van der Waals surface area contributed by atoms with Gasteiger partial charge in [0, 0.05) is 23.3 Å². The van der Waals surface area contributed by atoms with Gasteiger partial charge in [0.25, 0.3) is 0 Å². The molecule has 0 heterocycles. The molecule has 20 heavy (non-hydrogen) atoms. The molecule has 1 aliphatic carbocycles. The van der Waals surface area contributed by atoms with Crippen LogP contribution in [0.1, 0.15) is 44.9 Å². The van der Waals surface area contributed by atoms with Gasteiger partial charge in [0.2, 0.25) is 6.04 Å². The first-order valence-electron chi connectivity index (χ1n) is 6.94. The van der Waals surface area contributed by atoms with E-state index in [1.807, 2.05) is 6.08 Å². The van der Waals surface area contributed by atoms with Crippen molar-refractivity contribution in [3.63, 3.8) is 0 Å². The predicted octanol–water partition coefficient (Wildman–Crippen LogP) is 2.29. The summed E-state index contributed by atoms with van der Waals surface area (Å²) < 4.78 is 4.53. The number of methoxy groups -OCH3 is 1. The van der Waals surface area contributed by atoms with Gasteiger partial charge in [0.05, 0.1) is 13.5 Å². The van der Waals surface area contributed by atoms with Crippen molar-refractivity contribution in [2.75, 3.05) is 7.11 Å². The SMILES string of the molecule is COC(=O)CCC(C1=CCCCC1CCC=O)[N+](=O)[O-]. The largest absolute Gasteiger partial charge is 0.469 e. The van der Waals surface area contributed by atoms with Gasteiger partial charge >= 0.3 is 5.97 Å². The number of hydrogen-bond donors (Lipinski definition) is 0. The Kier molecular flexibility index (Phi) is 6.90. The zero-order valence-electron chi connectivity index (χ0n) is 11.7. The second kappa shape index (κ2) is 8.45. The van der Waals surface area contributed by atoms with Crippen molar-refractivity contribution in [1.82, 2.24) is 0 Å². The molecule has 2 atom stereocenters. The quantitative estimate of drug-likeness (QED) is 0.224. The molecule has 0 bridgehead atoms. The van der Waals surface area contributed by atoms with Gasteiger partial charge in [-0.05, 0) is 31.6 Å². The van der Waals surface area contributed by atoms with Crippen LogP contribution in [0, 0.1) is 16.0 Å². The Morgan fingerprint density at radius 1 is 1.65 bits per heavy atom. The first kappa shape index (κ1) is 16.3. The molecule has 112 valence electrons. The van der Waals surface area contributed by atoms with Crippen LogP contribution >= 0.6 is 0 Å². The molecule has 0 aromatic carbocycles. The van der Waals surface area contributed by atoms with Crippen molar-refractivity contribution in [1.29, 1.82) is 0 Å². The van der Waals surface area contributed by atoms with Gasteiger partial charge in [-0.25, -0.2) is 0 Å². The van der Waals surface area contributed by atoms with E-state index in [0.717, 1.165) is 31.1 Å². The maximum Gasteiger partial charge on any atom is 0.305 e. The van der Waals surface area contributed by atoms with E-state index in [2.05, 4.69) is 4.74 Å². The first-order chi connectivity index (χ1) is 9.60. The zero-order chi connectivity index (χ0) is 15.0. The summed E-state index contributed by atoms with van der Waals surface area (Å²) in [6.07, 6.45) is 6.74. The van der Waals surface area contributed by atoms with Crippen LogP contribution in [0.25, 0.3) is 0 Å². The minimum atomic E-state index is -0.842. The summed E-state index contributed by atoms with van der Waals surface area (Å²) in [6, 6.07) is -0.842. The van der Waals surface area contributed by atoms with Crippen molar-refractivity contribution in [3.8, 4) is 0 Å². The van der Waals surface area contributed by atoms with Crippen molar-refractivity contribution >= 4 is 12.3 Å². The van der Waals surface area contributed by atoms with Gasteiger partial charge in [-0.2, -0.15) is 0 Å². The van der Waals surface area contributed by atoms with Crippen molar-refractivity contribution in [3.05, 3.63) is 21.8 Å². The molecular formula is C14H21NO5. The lowest BCUT2D eigenvalue weighted by molar-refractivity contribution is -0.514. The molecule has 0 saturated heterocycles. The fourth-order valence-electron chi connectivity index (χ4n) is 2.71. The molecule has 0 aromatic rings. The van der Waals surface area contributed by atoms with Crippen LogP contribution in [-0.4, -0.2) is 30.3 Å². The third-order valence-corrected chi connectivity index (χ3v) is 3.73. The average molecular weight is 283 g/mol. The Labute approximate surface area is 118 Å². The van der Waals surface area contributed by atoms with Crippen LogP contribution in [0.5, 0.6) is 0 Å². The second-order valence-corrected chi connectivity index (χ2v) is 4.99. The summed E-state index contributed by atoms with van der Waals surface area (Å²) in [5, 5.41) is 11.3. The predicted molar refractivity (Wildman–Crippen MR) is 72.8 cm³/mol. The molecule has 0 saturated carbocycles. The van der Waals surface area contributed by atoms with E-state index in [9.17, 15) is 19.7 Å². The highest BCUT2D eigenvalue weighted by atomic mass is 16.6. The summed E-state index contributed by atoms with van der Waals surface area (Å²) in [4.78, 5) is 32.6. The van der Waals surface area contributed by atoms with Crippen LogP contribution < -0.4 is 0 Å². The average Bonchev–Trinajstić information content (AvgIpc) is 2.45. The van der Waals surface area contributed by atoms with Crippen molar-refractivity contribution < 1.29 is 19.2 Å². The molecule has 0 amide bonds. The molecule has 2 unspecified atom stereocenters. The second-order valence-electron chi connectivity index (χ2n) is 4.99. The number of esters is 1. The fraction of sp³-hybridized carbons (Fsp3) is 0.714. The Morgan fingerprint density at radius 2 is 2.40 bits per heavy atom. The number of nitro groups is 1. The Bertz CT molecular complexity index is 391. The number of aldehydes is 1. The number of carbonyl (C=O) groups excluding carboxylic acids is 2. The third kappa shape index (κ3) is 4.75. The molecule has 0 spiro atoms. The van der Waals surface area contributed by atoms with Crippen LogP contribution in [0.2, 0.25) is 0 Å². The molecule has 6 nitrogen and oxygen atoms in total. The number of nitrogens with zero attached hydrogens (tertiary/aromatic N) is 1. The topological polar surface area (TPSA) is 86.5 Å². The maximum absolute atomic E-state index is 11.3. The number of ether oxygens (including phenoxy) is 1. The van der Waals surface area contributed by atoms with E-state index in [1.54, 1.807) is 0 Å². The highest BCUT2D eigenvalue weighted by Crippen LogP contribution is 2.33. The van der Waals surface area contributed by atoms with E-state index < -0.39 is 12.0 Å². The number of allylic oxidation sites excluding steroid dienone is 1. The molecule has 0 radical (unpaired) electrons. The first-order valence-corrected chi connectivity index (χ1v) is 6.94. The minimum absolute atomic E-state index is 0.0416. The molecule has 0 aromatic heterocycles. The van der Waals surface area contributed by atoms with E-state index in [4.69, 9.17) is 0 Å². The van der Waals surface area contributed by atoms with Crippen LogP contribution in [0.3, 0.4) is 0 Å². The smallest absolute Gasteiger partial charge is 0.305 e. The molecule has 0 aliphatic heterocycles. The van der Waals surface area contributed by atoms with E-state index in [1.165, 1.54) is 7.11 Å². The fourth-order valence-corrected chi connectivity index (χ4v) is 2.71. The van der Waals surface area contributed by atoms with E-state index in [-0.39, 0.29) is 23.7 Å². The van der Waals surface area contributed by atoms with Gasteiger partial charge in [-0.1, -0.05) is 6.08 Å². The minimum Gasteiger partial charge on any atom is -0.469 e. The van der Waals surface area contributed by atoms with Crippen molar-refractivity contribution in [2.24, 2.45) is 5.92 Å². The number of carbonyl (C=O) groups is 2. The summed E-state index contributed by atoms with van der Waals surface area (Å²) in [6.45, 7) is 0. The Morgan fingerprint density at radius 3 is 3.00 bits per heavy atom. The summed E-state index contributed by atoms with van der Waals surface area (Å²) in [5.74, 6) is -0.348. The van der Waals surface area contributed by atoms with Gasteiger partial charge in [0.1, 0.15) is 6.29 Å². The molecular weight excluding hydrogens is 262 g/mol. The molecule has 0 N–H and O–H groups in total. The van der Waals surface area contributed by atoms with E-state index >= 15 is 0 Å². The van der Waals surface area contributed by atoms with Gasteiger partial charge in [-0.3, -0.25) is 14.9 Å². The third-order valence-electron chi connectivity index (χ3n) is 3.73. The molecule has 6 heteroatoms. The Hall–Kier alpha value is -1.72. The van der Waals surface area contributed by atoms with Gasteiger partial charge in [-0.15, -0.1) is 0 Å². The lowest BCUT2D eigenvalue weighted by Crippen LogP contribution is -2.29. The lowest BCUT2D eigenvalue weighted by Gasteiger charge is -2.25. The summed E-state index contributed by atoms with van der Waals surface area (Å²) >= 11 is 0. The maximum atomic E-state index is 11.3. The summed E-state index contributed by atoms with van der Waals surface area (Å²) in [5.41, 5.74) is 0.784. The summed E-state index contributed by atoms with van der Waals surface area (Å²) in [7, 11) is 1.27. The van der Waals surface area contributed by atoms with Crippen LogP contribution in [-0.2, 0) is 14.3 Å². The van der Waals surface area contributed by atoms with Gasteiger partial charge < -0.3 is 9.53 Å². The van der Waals surface area contributed by atoms with Crippen LogP contribution in [0.4, 0.5) is 0 Å². The molecule has 1 aliphatic rings. The molecule has 0 fully saturated rings. The Balaban J connectivity index is 2.76. The zero-order valence-corrected chi connectivity index (χ0v) is 11.7. The van der Waals surface area contributed by atoms with E-state index in [0.29, 0.717) is 12.8 Å².